The highest BCUT2D eigenvalue weighted by atomic mass is 35.5. The van der Waals surface area contributed by atoms with Gasteiger partial charge in [-0.15, -0.1) is 11.3 Å². The van der Waals surface area contributed by atoms with Crippen molar-refractivity contribution >= 4 is 28.7 Å². The van der Waals surface area contributed by atoms with Crippen LogP contribution in [0, 0.1) is 12.7 Å². The summed E-state index contributed by atoms with van der Waals surface area (Å²) in [6.07, 6.45) is 0.192. The number of halogens is 2. The second-order valence-corrected chi connectivity index (χ2v) is 5.59. The first-order valence-corrected chi connectivity index (χ1v) is 6.29. The molecule has 0 amide bonds. The van der Waals surface area contributed by atoms with E-state index >= 15 is 0 Å². The fourth-order valence-corrected chi connectivity index (χ4v) is 2.63. The molecule has 0 N–H and O–H groups in total. The number of thiophene rings is 1. The van der Waals surface area contributed by atoms with E-state index in [9.17, 15) is 9.18 Å². The molecule has 88 valence electrons. The average molecular weight is 269 g/mol. The van der Waals surface area contributed by atoms with Gasteiger partial charge in [0.15, 0.2) is 5.78 Å². The molecule has 1 aromatic heterocycles. The van der Waals surface area contributed by atoms with Crippen molar-refractivity contribution in [1.29, 1.82) is 0 Å². The van der Waals surface area contributed by atoms with Gasteiger partial charge in [-0.25, -0.2) is 4.39 Å². The van der Waals surface area contributed by atoms with Gasteiger partial charge in [-0.2, -0.15) is 0 Å². The molecule has 0 saturated carbocycles. The lowest BCUT2D eigenvalue weighted by atomic mass is 10.1. The summed E-state index contributed by atoms with van der Waals surface area (Å²) in [7, 11) is 0. The first kappa shape index (κ1) is 12.3. The lowest BCUT2D eigenvalue weighted by Gasteiger charge is -2.02. The van der Waals surface area contributed by atoms with E-state index in [1.165, 1.54) is 23.5 Å². The molecule has 2 aromatic rings. The number of benzene rings is 1. The van der Waals surface area contributed by atoms with Gasteiger partial charge in [0.1, 0.15) is 5.82 Å². The van der Waals surface area contributed by atoms with Crippen LogP contribution in [0.25, 0.3) is 0 Å². The molecule has 0 spiro atoms. The van der Waals surface area contributed by atoms with Crippen LogP contribution >= 0.6 is 22.9 Å². The van der Waals surface area contributed by atoms with Gasteiger partial charge in [-0.3, -0.25) is 4.79 Å². The number of carbonyl (C=O) groups is 1. The molecule has 0 atom stereocenters. The van der Waals surface area contributed by atoms with Crippen molar-refractivity contribution in [2.45, 2.75) is 13.3 Å². The number of Topliss-reactive ketones (excluding diaryl/α,β-unsaturated/α-hetero) is 1. The summed E-state index contributed by atoms with van der Waals surface area (Å²) >= 11 is 7.12. The van der Waals surface area contributed by atoms with Crippen LogP contribution in [0.4, 0.5) is 4.39 Å². The van der Waals surface area contributed by atoms with E-state index in [-0.39, 0.29) is 17.8 Å². The third-order valence-electron chi connectivity index (χ3n) is 2.39. The number of ketones is 1. The molecule has 2 rings (SSSR count). The Bertz CT molecular complexity index is 562. The normalized spacial score (nSPS) is 10.5. The van der Waals surface area contributed by atoms with Crippen LogP contribution in [-0.4, -0.2) is 5.78 Å². The Morgan fingerprint density at radius 1 is 1.35 bits per heavy atom. The minimum Gasteiger partial charge on any atom is -0.294 e. The Kier molecular flexibility index (Phi) is 3.60. The van der Waals surface area contributed by atoms with Gasteiger partial charge >= 0.3 is 0 Å². The Morgan fingerprint density at radius 2 is 2.12 bits per heavy atom. The minimum absolute atomic E-state index is 0.139. The van der Waals surface area contributed by atoms with E-state index in [1.807, 2.05) is 0 Å². The molecular weight excluding hydrogens is 259 g/mol. The zero-order valence-corrected chi connectivity index (χ0v) is 10.7. The molecule has 0 aliphatic rings. The van der Waals surface area contributed by atoms with Crippen LogP contribution in [0.1, 0.15) is 20.8 Å². The lowest BCUT2D eigenvalue weighted by molar-refractivity contribution is 0.0990. The predicted octanol–water partition coefficient (Wildman–Crippen LogP) is 4.27. The van der Waals surface area contributed by atoms with Crippen molar-refractivity contribution < 1.29 is 9.18 Å². The summed E-state index contributed by atoms with van der Waals surface area (Å²) in [6.45, 7) is 1.79. The van der Waals surface area contributed by atoms with E-state index in [0.717, 1.165) is 10.4 Å². The standard InChI is InChI=1S/C13H10ClFOS/c1-8-2-4-10(11(15)6-8)12(16)7-9-3-5-13(14)17-9/h2-6H,7H2,1H3. The molecule has 17 heavy (non-hydrogen) atoms. The van der Waals surface area contributed by atoms with E-state index in [2.05, 4.69) is 0 Å². The predicted molar refractivity (Wildman–Crippen MR) is 68.5 cm³/mol. The van der Waals surface area contributed by atoms with Gasteiger partial charge in [-0.05, 0) is 36.8 Å². The second-order valence-electron chi connectivity index (χ2n) is 3.79. The minimum atomic E-state index is -0.461. The van der Waals surface area contributed by atoms with Crippen molar-refractivity contribution in [2.75, 3.05) is 0 Å². The van der Waals surface area contributed by atoms with Gasteiger partial charge in [0.25, 0.3) is 0 Å². The third kappa shape index (κ3) is 2.93. The van der Waals surface area contributed by atoms with Gasteiger partial charge in [-0.1, -0.05) is 17.7 Å². The molecule has 4 heteroatoms. The number of hydrogen-bond donors (Lipinski definition) is 0. The number of aryl methyl sites for hydroxylation is 1. The first-order valence-electron chi connectivity index (χ1n) is 5.10. The Morgan fingerprint density at radius 3 is 2.71 bits per heavy atom. The summed E-state index contributed by atoms with van der Waals surface area (Å²) in [5.41, 5.74) is 0.943. The van der Waals surface area contributed by atoms with Crippen molar-refractivity contribution in [2.24, 2.45) is 0 Å². The van der Waals surface area contributed by atoms with Crippen LogP contribution < -0.4 is 0 Å². The van der Waals surface area contributed by atoms with E-state index < -0.39 is 5.82 Å². The summed E-state index contributed by atoms with van der Waals surface area (Å²) in [6, 6.07) is 8.16. The van der Waals surface area contributed by atoms with E-state index in [0.29, 0.717) is 4.34 Å². The van der Waals surface area contributed by atoms with Gasteiger partial charge in [0.05, 0.1) is 9.90 Å². The van der Waals surface area contributed by atoms with Gasteiger partial charge in [0, 0.05) is 11.3 Å². The summed E-state index contributed by atoms with van der Waals surface area (Å²) in [4.78, 5) is 12.7. The third-order valence-corrected chi connectivity index (χ3v) is 3.62. The maximum Gasteiger partial charge on any atom is 0.170 e. The van der Waals surface area contributed by atoms with Gasteiger partial charge in [0.2, 0.25) is 0 Å². The molecule has 0 radical (unpaired) electrons. The van der Waals surface area contributed by atoms with Crippen molar-refractivity contribution in [3.63, 3.8) is 0 Å². The van der Waals surface area contributed by atoms with Crippen molar-refractivity contribution in [1.82, 2.24) is 0 Å². The molecule has 0 fully saturated rings. The topological polar surface area (TPSA) is 17.1 Å². The largest absolute Gasteiger partial charge is 0.294 e. The number of carbonyl (C=O) groups excluding carboxylic acids is 1. The van der Waals surface area contributed by atoms with Crippen LogP contribution in [0.5, 0.6) is 0 Å². The first-order chi connectivity index (χ1) is 8.06. The number of rotatable bonds is 3. The van der Waals surface area contributed by atoms with Crippen LogP contribution in [0.2, 0.25) is 4.34 Å². The quantitative estimate of drug-likeness (QED) is 0.760. The zero-order valence-electron chi connectivity index (χ0n) is 9.17. The lowest BCUT2D eigenvalue weighted by Crippen LogP contribution is -2.05. The maximum absolute atomic E-state index is 13.6. The highest BCUT2D eigenvalue weighted by molar-refractivity contribution is 7.16. The highest BCUT2D eigenvalue weighted by Crippen LogP contribution is 2.23. The molecular formula is C13H10ClFOS. The second kappa shape index (κ2) is 4.98. The Labute approximate surface area is 108 Å². The summed E-state index contributed by atoms with van der Waals surface area (Å²) < 4.78 is 14.2. The van der Waals surface area contributed by atoms with E-state index in [4.69, 9.17) is 11.6 Å². The van der Waals surface area contributed by atoms with E-state index in [1.54, 1.807) is 25.1 Å². The average Bonchev–Trinajstić information content (AvgIpc) is 2.63. The molecule has 1 heterocycles. The van der Waals surface area contributed by atoms with Gasteiger partial charge < -0.3 is 0 Å². The molecule has 0 aliphatic heterocycles. The highest BCUT2D eigenvalue weighted by Gasteiger charge is 2.13. The number of hydrogen-bond acceptors (Lipinski definition) is 2. The fourth-order valence-electron chi connectivity index (χ4n) is 1.55. The van der Waals surface area contributed by atoms with Crippen LogP contribution in [0.15, 0.2) is 30.3 Å². The molecule has 0 bridgehead atoms. The molecule has 1 aromatic carbocycles. The van der Waals surface area contributed by atoms with Crippen LogP contribution in [0.3, 0.4) is 0 Å². The van der Waals surface area contributed by atoms with Crippen molar-refractivity contribution in [3.8, 4) is 0 Å². The SMILES string of the molecule is Cc1ccc(C(=O)Cc2ccc(Cl)s2)c(F)c1. The molecule has 0 unspecified atom stereocenters. The smallest absolute Gasteiger partial charge is 0.170 e. The molecule has 0 saturated heterocycles. The monoisotopic (exact) mass is 268 g/mol. The Hall–Kier alpha value is -1.19. The molecule has 0 aliphatic carbocycles. The summed E-state index contributed by atoms with van der Waals surface area (Å²) in [5, 5.41) is 0. The fraction of sp³-hybridized carbons (Fsp3) is 0.154. The summed E-state index contributed by atoms with van der Waals surface area (Å²) in [5.74, 6) is -0.682. The van der Waals surface area contributed by atoms with Crippen molar-refractivity contribution in [3.05, 3.63) is 56.5 Å². The molecule has 1 nitrogen and oxygen atoms in total. The maximum atomic E-state index is 13.6. The Balaban J connectivity index is 2.20. The van der Waals surface area contributed by atoms with Crippen LogP contribution in [-0.2, 0) is 6.42 Å². The zero-order chi connectivity index (χ0) is 12.4.